The minimum atomic E-state index is 0.457. The number of hydrazine groups is 1. The van der Waals surface area contributed by atoms with Crippen LogP contribution in [0.1, 0.15) is 0 Å². The van der Waals surface area contributed by atoms with Gasteiger partial charge < -0.3 is 0 Å². The molecular formula is C3H5N2O2+. The van der Waals surface area contributed by atoms with Gasteiger partial charge in [0.1, 0.15) is 6.61 Å². The van der Waals surface area contributed by atoms with Crippen molar-refractivity contribution in [1.29, 1.82) is 0 Å². The first-order chi connectivity index (χ1) is 3.39. The van der Waals surface area contributed by atoms with E-state index in [1.807, 2.05) is 0 Å². The van der Waals surface area contributed by atoms with Crippen LogP contribution in [0.25, 0.3) is 0 Å². The van der Waals surface area contributed by atoms with Crippen LogP contribution in [0.3, 0.4) is 0 Å². The smallest absolute Gasteiger partial charge is 0.220 e. The summed E-state index contributed by atoms with van der Waals surface area (Å²) in [7, 11) is 0. The van der Waals surface area contributed by atoms with Crippen molar-refractivity contribution in [3.05, 3.63) is 17.2 Å². The summed E-state index contributed by atoms with van der Waals surface area (Å²) in [5, 5.41) is 0. The van der Waals surface area contributed by atoms with Gasteiger partial charge in [0.25, 0.3) is 6.20 Å². The number of nitroso groups, excluding NO2 is 1. The maximum absolute atomic E-state index is 10.1. The van der Waals surface area contributed by atoms with E-state index in [0.29, 0.717) is 11.5 Å². The van der Waals surface area contributed by atoms with Crippen molar-refractivity contribution in [3.63, 3.8) is 0 Å². The largest absolute Gasteiger partial charge is 0.258 e. The monoisotopic (exact) mass is 101 g/mol. The van der Waals surface area contributed by atoms with E-state index < -0.39 is 0 Å². The molecule has 4 nitrogen and oxygen atoms in total. The van der Waals surface area contributed by atoms with Crippen LogP contribution in [-0.2, 0) is 4.84 Å². The number of nitrogens with one attached hydrogen (secondary N) is 1. The van der Waals surface area contributed by atoms with Crippen molar-refractivity contribution >= 4 is 0 Å². The Morgan fingerprint density at radius 3 is 3.00 bits per heavy atom. The van der Waals surface area contributed by atoms with E-state index in [-0.39, 0.29) is 0 Å². The number of hydrogen-bond donors (Lipinski definition) is 1. The first-order valence-electron chi connectivity index (χ1n) is 1.90. The van der Waals surface area contributed by atoms with Crippen molar-refractivity contribution in [2.24, 2.45) is 0 Å². The molecule has 1 aliphatic heterocycles. The van der Waals surface area contributed by atoms with Gasteiger partial charge in [0, 0.05) is 6.08 Å². The minimum Gasteiger partial charge on any atom is -0.220 e. The molecule has 0 fully saturated rings. The SMILES string of the molecule is O=[N+]1C=CCON1. The van der Waals surface area contributed by atoms with Crippen LogP contribution in [0.4, 0.5) is 0 Å². The van der Waals surface area contributed by atoms with Gasteiger partial charge in [-0.25, -0.2) is 4.84 Å². The van der Waals surface area contributed by atoms with Crippen LogP contribution in [0.2, 0.25) is 0 Å². The molecule has 7 heavy (non-hydrogen) atoms. The molecule has 0 amide bonds. The lowest BCUT2D eigenvalue weighted by Gasteiger charge is -1.94. The Kier molecular flexibility index (Phi) is 1.04. The molecule has 0 atom stereocenters. The lowest BCUT2D eigenvalue weighted by Crippen LogP contribution is -2.25. The van der Waals surface area contributed by atoms with E-state index in [1.165, 1.54) is 6.20 Å². The summed E-state index contributed by atoms with van der Waals surface area (Å²) >= 11 is 0. The molecule has 0 aromatic heterocycles. The third-order valence-corrected chi connectivity index (χ3v) is 0.575. The van der Waals surface area contributed by atoms with Crippen LogP contribution in [0.5, 0.6) is 0 Å². The average Bonchev–Trinajstić information content (AvgIpc) is 1.69. The fourth-order valence-corrected chi connectivity index (χ4v) is 0.318. The fraction of sp³-hybridized carbons (Fsp3) is 0.333. The van der Waals surface area contributed by atoms with Gasteiger partial charge in [-0.15, -0.1) is 0 Å². The summed E-state index contributed by atoms with van der Waals surface area (Å²) in [4.78, 5) is 15.0. The highest BCUT2D eigenvalue weighted by molar-refractivity contribution is 4.71. The molecule has 0 aromatic carbocycles. The third kappa shape index (κ3) is 0.972. The molecule has 1 aliphatic rings. The quantitative estimate of drug-likeness (QED) is 0.427. The normalized spacial score (nSPS) is 19.1. The lowest BCUT2D eigenvalue weighted by molar-refractivity contribution is -0.611. The van der Waals surface area contributed by atoms with E-state index in [9.17, 15) is 4.91 Å². The zero-order valence-electron chi connectivity index (χ0n) is 3.63. The van der Waals surface area contributed by atoms with Gasteiger partial charge in [-0.3, -0.25) is 0 Å². The van der Waals surface area contributed by atoms with E-state index >= 15 is 0 Å². The second-order valence-electron chi connectivity index (χ2n) is 1.11. The summed E-state index contributed by atoms with van der Waals surface area (Å²) in [6.07, 6.45) is 2.97. The molecule has 1 heterocycles. The van der Waals surface area contributed by atoms with Gasteiger partial charge in [-0.2, -0.15) is 0 Å². The number of rotatable bonds is 0. The second kappa shape index (κ2) is 1.70. The van der Waals surface area contributed by atoms with Gasteiger partial charge >= 0.3 is 0 Å². The van der Waals surface area contributed by atoms with Crippen molar-refractivity contribution < 1.29 is 9.71 Å². The molecule has 0 unspecified atom stereocenters. The topological polar surface area (TPSA) is 41.3 Å². The van der Waals surface area contributed by atoms with E-state index in [4.69, 9.17) is 0 Å². The molecule has 0 aromatic rings. The maximum atomic E-state index is 10.1. The molecule has 0 saturated heterocycles. The third-order valence-electron chi connectivity index (χ3n) is 0.575. The predicted octanol–water partition coefficient (Wildman–Crippen LogP) is -0.271. The van der Waals surface area contributed by atoms with Crippen LogP contribution in [0, 0.1) is 4.91 Å². The minimum absolute atomic E-state index is 0.457. The first kappa shape index (κ1) is 4.26. The highest BCUT2D eigenvalue weighted by Crippen LogP contribution is 1.80. The van der Waals surface area contributed by atoms with Crippen LogP contribution < -0.4 is 5.59 Å². The van der Waals surface area contributed by atoms with E-state index in [0.717, 1.165) is 0 Å². The highest BCUT2D eigenvalue weighted by atomic mass is 16.7. The van der Waals surface area contributed by atoms with Crippen molar-refractivity contribution in [2.75, 3.05) is 6.61 Å². The Hall–Kier alpha value is -0.900. The molecule has 1 rings (SSSR count). The Balaban J connectivity index is 2.51. The van der Waals surface area contributed by atoms with Gasteiger partial charge in [0.2, 0.25) is 0 Å². The lowest BCUT2D eigenvalue weighted by atomic mass is 10.6. The average molecular weight is 101 g/mol. The summed E-state index contributed by atoms with van der Waals surface area (Å²) in [5.41, 5.74) is 2.07. The zero-order valence-corrected chi connectivity index (χ0v) is 3.63. The molecule has 4 heteroatoms. The van der Waals surface area contributed by atoms with Gasteiger partial charge in [-0.05, 0) is 5.59 Å². The van der Waals surface area contributed by atoms with Gasteiger partial charge in [0.15, 0.2) is 4.87 Å². The number of nitrogens with zero attached hydrogens (tertiary/aromatic N) is 1. The Morgan fingerprint density at radius 2 is 2.71 bits per heavy atom. The van der Waals surface area contributed by atoms with Crippen LogP contribution in [-0.4, -0.2) is 11.5 Å². The zero-order chi connectivity index (χ0) is 5.11. The molecule has 0 radical (unpaired) electrons. The molecule has 0 saturated carbocycles. The maximum Gasteiger partial charge on any atom is 0.258 e. The summed E-state index contributed by atoms with van der Waals surface area (Å²) in [6.45, 7) is 0.457. The Morgan fingerprint density at radius 1 is 1.86 bits per heavy atom. The molecular weight excluding hydrogens is 96.0 g/mol. The fourth-order valence-electron chi connectivity index (χ4n) is 0.318. The first-order valence-corrected chi connectivity index (χ1v) is 1.90. The second-order valence-corrected chi connectivity index (χ2v) is 1.11. The molecule has 0 bridgehead atoms. The Labute approximate surface area is 40.3 Å². The van der Waals surface area contributed by atoms with Crippen LogP contribution in [0.15, 0.2) is 12.3 Å². The predicted molar refractivity (Wildman–Crippen MR) is 21.9 cm³/mol. The summed E-state index contributed by atoms with van der Waals surface area (Å²) in [6, 6.07) is 0. The Bertz CT molecular complexity index is 110. The summed E-state index contributed by atoms with van der Waals surface area (Å²) in [5.74, 6) is 0. The molecule has 1 N–H and O–H groups in total. The summed E-state index contributed by atoms with van der Waals surface area (Å²) < 4.78 is 0. The molecule has 0 spiro atoms. The van der Waals surface area contributed by atoms with E-state index in [1.54, 1.807) is 6.08 Å². The standard InChI is InChI=1S/C3H5N2O2/c6-5-2-1-3-7-4-5/h1-2H,3H2,(H,4,6)/q+1. The van der Waals surface area contributed by atoms with E-state index in [2.05, 4.69) is 10.4 Å². The molecule has 0 aliphatic carbocycles. The van der Waals surface area contributed by atoms with Gasteiger partial charge in [-0.1, -0.05) is 0 Å². The highest BCUT2D eigenvalue weighted by Gasteiger charge is 2.04. The number of hydrogen-bond acceptors (Lipinski definition) is 2. The molecule has 38 valence electrons. The van der Waals surface area contributed by atoms with Crippen molar-refractivity contribution in [2.45, 2.75) is 0 Å². The van der Waals surface area contributed by atoms with Gasteiger partial charge in [0.05, 0.1) is 4.91 Å². The van der Waals surface area contributed by atoms with Crippen LogP contribution >= 0.6 is 0 Å². The van der Waals surface area contributed by atoms with Crippen molar-refractivity contribution in [1.82, 2.24) is 5.59 Å². The van der Waals surface area contributed by atoms with Crippen molar-refractivity contribution in [3.8, 4) is 0 Å².